The Morgan fingerprint density at radius 2 is 1.61 bits per heavy atom. The first-order valence-corrected chi connectivity index (χ1v) is 10.1. The van der Waals surface area contributed by atoms with Crippen LogP contribution in [0.2, 0.25) is 5.02 Å². The van der Waals surface area contributed by atoms with Gasteiger partial charge in [-0.05, 0) is 73.9 Å². The molecule has 4 nitrogen and oxygen atoms in total. The maximum absolute atomic E-state index is 13.6. The van der Waals surface area contributed by atoms with Crippen molar-refractivity contribution < 1.29 is 14.0 Å². The Hall–Kier alpha value is -3.44. The van der Waals surface area contributed by atoms with E-state index in [1.54, 1.807) is 25.1 Å². The fraction of sp³-hybridized carbons (Fsp3) is 0.120. The van der Waals surface area contributed by atoms with Gasteiger partial charge in [0.2, 0.25) is 0 Å². The summed E-state index contributed by atoms with van der Waals surface area (Å²) in [6.45, 7) is 5.63. The third-order valence-corrected chi connectivity index (χ3v) is 5.74. The van der Waals surface area contributed by atoms with E-state index >= 15 is 0 Å². The van der Waals surface area contributed by atoms with E-state index in [0.29, 0.717) is 27.5 Å². The molecular weight excluding hydrogens is 415 g/mol. The number of hydrogen-bond acceptors (Lipinski definition) is 3. The number of carbonyl (C=O) groups is 2. The molecule has 6 heteroatoms. The molecule has 1 N–H and O–H groups in total. The molecule has 0 atom stereocenters. The zero-order valence-corrected chi connectivity index (χ0v) is 18.0. The average molecular weight is 435 g/mol. The summed E-state index contributed by atoms with van der Waals surface area (Å²) in [6.07, 6.45) is 0. The first-order valence-electron chi connectivity index (χ1n) is 9.76. The lowest BCUT2D eigenvalue weighted by Crippen LogP contribution is -2.33. The maximum atomic E-state index is 13.6. The number of hydrogen-bond donors (Lipinski definition) is 1. The van der Waals surface area contributed by atoms with Gasteiger partial charge in [-0.1, -0.05) is 41.4 Å². The molecule has 31 heavy (non-hydrogen) atoms. The van der Waals surface area contributed by atoms with Crippen LogP contribution in [0.4, 0.5) is 15.8 Å². The lowest BCUT2D eigenvalue weighted by Gasteiger charge is -2.18. The number of carbonyl (C=O) groups excluding carboxylic acids is 2. The van der Waals surface area contributed by atoms with Crippen LogP contribution in [0, 0.1) is 26.6 Å². The van der Waals surface area contributed by atoms with E-state index in [1.807, 2.05) is 32.0 Å². The normalized spacial score (nSPS) is 13.9. The molecule has 0 fully saturated rings. The molecule has 3 aromatic rings. The maximum Gasteiger partial charge on any atom is 0.282 e. The van der Waals surface area contributed by atoms with Crippen LogP contribution in [-0.2, 0) is 9.59 Å². The number of halogens is 2. The van der Waals surface area contributed by atoms with Crippen LogP contribution in [0.1, 0.15) is 22.3 Å². The van der Waals surface area contributed by atoms with Crippen molar-refractivity contribution in [3.63, 3.8) is 0 Å². The highest BCUT2D eigenvalue weighted by Gasteiger charge is 2.41. The van der Waals surface area contributed by atoms with Crippen LogP contribution in [0.15, 0.2) is 66.4 Å². The van der Waals surface area contributed by atoms with Crippen molar-refractivity contribution >= 4 is 40.4 Å². The molecule has 1 heterocycles. The molecule has 0 unspecified atom stereocenters. The number of aryl methyl sites for hydroxylation is 2. The topological polar surface area (TPSA) is 49.4 Å². The van der Waals surface area contributed by atoms with Crippen LogP contribution in [0.5, 0.6) is 0 Å². The molecule has 1 aliphatic rings. The van der Waals surface area contributed by atoms with Crippen molar-refractivity contribution in [2.75, 3.05) is 10.2 Å². The highest BCUT2D eigenvalue weighted by molar-refractivity contribution is 6.46. The summed E-state index contributed by atoms with van der Waals surface area (Å²) in [5, 5.41) is 3.50. The second-order valence-corrected chi connectivity index (χ2v) is 7.94. The number of benzene rings is 3. The smallest absolute Gasteiger partial charge is 0.282 e. The van der Waals surface area contributed by atoms with Gasteiger partial charge in [-0.25, -0.2) is 9.29 Å². The first-order chi connectivity index (χ1) is 14.8. The first kappa shape index (κ1) is 20.8. The Bertz CT molecular complexity index is 1250. The summed E-state index contributed by atoms with van der Waals surface area (Å²) in [5.41, 5.74) is 4.57. The summed E-state index contributed by atoms with van der Waals surface area (Å²) < 4.78 is 13.4. The summed E-state index contributed by atoms with van der Waals surface area (Å²) in [5.74, 6) is -1.32. The molecule has 4 rings (SSSR count). The largest absolute Gasteiger partial charge is 0.350 e. The Kier molecular flexibility index (Phi) is 5.38. The molecule has 156 valence electrons. The van der Waals surface area contributed by atoms with Gasteiger partial charge in [-0.2, -0.15) is 0 Å². The molecule has 1 aliphatic heterocycles. The number of anilines is 2. The molecule has 0 radical (unpaired) electrons. The number of rotatable bonds is 4. The van der Waals surface area contributed by atoms with Crippen molar-refractivity contribution in [1.29, 1.82) is 0 Å². The molecule has 0 aliphatic carbocycles. The highest BCUT2D eigenvalue weighted by atomic mass is 35.5. The summed E-state index contributed by atoms with van der Waals surface area (Å²) in [6, 6.07) is 16.4. The van der Waals surface area contributed by atoms with Crippen molar-refractivity contribution in [3.05, 3.63) is 99.5 Å². The minimum absolute atomic E-state index is 0.142. The minimum atomic E-state index is -0.491. The summed E-state index contributed by atoms with van der Waals surface area (Å²) >= 11 is 6.25. The fourth-order valence-corrected chi connectivity index (χ4v) is 3.89. The highest BCUT2D eigenvalue weighted by Crippen LogP contribution is 2.37. The van der Waals surface area contributed by atoms with Crippen LogP contribution in [0.3, 0.4) is 0 Å². The molecule has 0 saturated carbocycles. The molecule has 0 aromatic heterocycles. The lowest BCUT2D eigenvalue weighted by atomic mass is 9.97. The summed E-state index contributed by atoms with van der Waals surface area (Å²) in [4.78, 5) is 28.2. The van der Waals surface area contributed by atoms with Gasteiger partial charge in [0.05, 0.1) is 11.3 Å². The van der Waals surface area contributed by atoms with E-state index in [4.69, 9.17) is 11.6 Å². The van der Waals surface area contributed by atoms with Crippen molar-refractivity contribution in [1.82, 2.24) is 0 Å². The predicted octanol–water partition coefficient (Wildman–Crippen LogP) is 5.80. The van der Waals surface area contributed by atoms with E-state index in [1.165, 1.54) is 24.3 Å². The molecule has 3 aromatic carbocycles. The second kappa shape index (κ2) is 8.00. The van der Waals surface area contributed by atoms with Gasteiger partial charge in [0.1, 0.15) is 11.5 Å². The van der Waals surface area contributed by atoms with Crippen LogP contribution < -0.4 is 10.2 Å². The molecule has 0 spiro atoms. The van der Waals surface area contributed by atoms with Gasteiger partial charge in [0, 0.05) is 10.7 Å². The molecule has 0 saturated heterocycles. The molecule has 0 bridgehead atoms. The summed E-state index contributed by atoms with van der Waals surface area (Å²) in [7, 11) is 0. The van der Waals surface area contributed by atoms with E-state index in [-0.39, 0.29) is 17.1 Å². The predicted molar refractivity (Wildman–Crippen MR) is 122 cm³/mol. The van der Waals surface area contributed by atoms with Crippen LogP contribution in [-0.4, -0.2) is 11.8 Å². The SMILES string of the molecule is Cc1ccc(C2=C(Nc3ccc(F)cc3)C(=O)N(c3cccc(Cl)c3C)C2=O)c(C)c1. The van der Waals surface area contributed by atoms with E-state index in [0.717, 1.165) is 16.0 Å². The van der Waals surface area contributed by atoms with Gasteiger partial charge in [-0.3, -0.25) is 9.59 Å². The second-order valence-electron chi connectivity index (χ2n) is 7.53. The molecular formula is C25H20ClFN2O2. The van der Waals surface area contributed by atoms with Gasteiger partial charge < -0.3 is 5.32 Å². The van der Waals surface area contributed by atoms with E-state index < -0.39 is 11.8 Å². The van der Waals surface area contributed by atoms with Gasteiger partial charge in [0.15, 0.2) is 0 Å². The number of imide groups is 1. The average Bonchev–Trinajstić information content (AvgIpc) is 2.96. The monoisotopic (exact) mass is 434 g/mol. The Balaban J connectivity index is 1.88. The van der Waals surface area contributed by atoms with Crippen LogP contribution >= 0.6 is 11.6 Å². The number of nitrogens with zero attached hydrogens (tertiary/aromatic N) is 1. The third-order valence-electron chi connectivity index (χ3n) is 5.33. The van der Waals surface area contributed by atoms with Gasteiger partial charge in [0.25, 0.3) is 11.8 Å². The van der Waals surface area contributed by atoms with Crippen molar-refractivity contribution in [3.8, 4) is 0 Å². The van der Waals surface area contributed by atoms with Gasteiger partial charge in [-0.15, -0.1) is 0 Å². The Morgan fingerprint density at radius 1 is 0.903 bits per heavy atom. The zero-order valence-electron chi connectivity index (χ0n) is 17.3. The van der Waals surface area contributed by atoms with Crippen molar-refractivity contribution in [2.45, 2.75) is 20.8 Å². The number of amides is 2. The van der Waals surface area contributed by atoms with Gasteiger partial charge >= 0.3 is 0 Å². The quantitative estimate of drug-likeness (QED) is 0.528. The fourth-order valence-electron chi connectivity index (χ4n) is 3.72. The standard InChI is InChI=1S/C25H20ClFN2O2/c1-14-7-12-19(15(2)13-14)22-23(28-18-10-8-17(27)9-11-18)25(31)29(24(22)30)21-6-4-5-20(26)16(21)3/h4-13,28H,1-3H3. The third kappa shape index (κ3) is 3.73. The number of nitrogens with one attached hydrogen (secondary N) is 1. The minimum Gasteiger partial charge on any atom is -0.350 e. The zero-order chi connectivity index (χ0) is 22.3. The van der Waals surface area contributed by atoms with Crippen LogP contribution in [0.25, 0.3) is 5.57 Å². The van der Waals surface area contributed by atoms with E-state index in [2.05, 4.69) is 5.32 Å². The Morgan fingerprint density at radius 3 is 2.29 bits per heavy atom. The lowest BCUT2D eigenvalue weighted by molar-refractivity contribution is -0.120. The van der Waals surface area contributed by atoms with Crippen molar-refractivity contribution in [2.24, 2.45) is 0 Å². The molecule has 2 amide bonds. The van der Waals surface area contributed by atoms with E-state index in [9.17, 15) is 14.0 Å². The Labute approximate surface area is 185 Å².